The lowest BCUT2D eigenvalue weighted by atomic mass is 9.78. The van der Waals surface area contributed by atoms with Crippen molar-refractivity contribution in [1.82, 2.24) is 24.6 Å². The fourth-order valence-corrected chi connectivity index (χ4v) is 5.91. The zero-order valence-corrected chi connectivity index (χ0v) is 19.6. The summed E-state index contributed by atoms with van der Waals surface area (Å²) in [6.07, 6.45) is 7.27. The molecule has 2 fully saturated rings. The molecule has 1 saturated heterocycles. The quantitative estimate of drug-likeness (QED) is 0.495. The number of amides is 1. The van der Waals surface area contributed by atoms with Gasteiger partial charge in [-0.05, 0) is 43.4 Å². The number of aromatic nitrogens is 4. The minimum atomic E-state index is -0.0224. The Morgan fingerprint density at radius 1 is 1.30 bits per heavy atom. The van der Waals surface area contributed by atoms with Crippen LogP contribution in [0.2, 0.25) is 0 Å². The van der Waals surface area contributed by atoms with Gasteiger partial charge in [-0.25, -0.2) is 9.97 Å². The Kier molecular flexibility index (Phi) is 4.84. The van der Waals surface area contributed by atoms with E-state index in [-0.39, 0.29) is 11.9 Å². The molecule has 2 N–H and O–H groups in total. The van der Waals surface area contributed by atoms with Crippen LogP contribution in [-0.2, 0) is 11.8 Å². The topological polar surface area (TPSA) is 99.2 Å². The lowest BCUT2D eigenvalue weighted by Crippen LogP contribution is -2.47. The molecule has 9 heteroatoms. The zero-order chi connectivity index (χ0) is 22.7. The number of thiophene rings is 1. The van der Waals surface area contributed by atoms with Gasteiger partial charge in [-0.2, -0.15) is 5.10 Å². The van der Waals surface area contributed by atoms with Crippen LogP contribution in [0.1, 0.15) is 47.3 Å². The number of nitrogens with two attached hydrogens (primary N) is 1. The molecule has 170 valence electrons. The molecule has 8 nitrogen and oxygen atoms in total. The van der Waals surface area contributed by atoms with Gasteiger partial charge < -0.3 is 15.4 Å². The van der Waals surface area contributed by atoms with Gasteiger partial charge in [0.2, 0.25) is 0 Å². The maximum Gasteiger partial charge on any atom is 0.266 e. The standard InChI is InChI=1S/C24H26N6O2S/c1-13-12-32-7-6-30(13)24(31)21-20(25)19-17(14-4-3-5-14)9-18(27-23(19)33-21)15-8-16-11-29(2)28-22(16)26-10-15/h8-11,13-14H,3-7,12,25H2,1-2H3. The van der Waals surface area contributed by atoms with E-state index in [1.54, 1.807) is 4.68 Å². The molecule has 1 amide bonds. The highest BCUT2D eigenvalue weighted by atomic mass is 32.1. The van der Waals surface area contributed by atoms with Gasteiger partial charge in [0.25, 0.3) is 5.91 Å². The summed E-state index contributed by atoms with van der Waals surface area (Å²) in [6, 6.07) is 4.26. The van der Waals surface area contributed by atoms with Gasteiger partial charge >= 0.3 is 0 Å². The van der Waals surface area contributed by atoms with Crippen LogP contribution in [0.5, 0.6) is 0 Å². The number of hydrogen-bond acceptors (Lipinski definition) is 7. The number of aryl methyl sites for hydroxylation is 1. The van der Waals surface area contributed by atoms with Crippen LogP contribution < -0.4 is 5.73 Å². The van der Waals surface area contributed by atoms with E-state index in [0.717, 1.165) is 45.3 Å². The molecule has 1 saturated carbocycles. The Hall–Kier alpha value is -3.04. The van der Waals surface area contributed by atoms with E-state index in [9.17, 15) is 4.79 Å². The first-order valence-electron chi connectivity index (χ1n) is 11.4. The van der Waals surface area contributed by atoms with E-state index < -0.39 is 0 Å². The average molecular weight is 463 g/mol. The van der Waals surface area contributed by atoms with Crippen LogP contribution in [-0.4, -0.2) is 56.4 Å². The number of nitrogen functional groups attached to an aromatic ring is 1. The largest absolute Gasteiger partial charge is 0.397 e. The van der Waals surface area contributed by atoms with Gasteiger partial charge in [0.1, 0.15) is 9.71 Å². The Bertz CT molecular complexity index is 1390. The van der Waals surface area contributed by atoms with Crippen molar-refractivity contribution in [3.05, 3.63) is 35.0 Å². The molecule has 5 heterocycles. The van der Waals surface area contributed by atoms with Crippen LogP contribution in [0.15, 0.2) is 24.5 Å². The van der Waals surface area contributed by atoms with Crippen LogP contribution in [0.4, 0.5) is 5.69 Å². The lowest BCUT2D eigenvalue weighted by Gasteiger charge is -2.33. The fraction of sp³-hybridized carbons (Fsp3) is 0.417. The number of nitrogens with zero attached hydrogens (tertiary/aromatic N) is 5. The monoisotopic (exact) mass is 462 g/mol. The molecule has 0 radical (unpaired) electrons. The predicted molar refractivity (Wildman–Crippen MR) is 129 cm³/mol. The number of anilines is 1. The van der Waals surface area contributed by atoms with Crippen molar-refractivity contribution in [2.45, 2.75) is 38.1 Å². The van der Waals surface area contributed by atoms with Crippen LogP contribution in [0.3, 0.4) is 0 Å². The molecule has 1 unspecified atom stereocenters. The summed E-state index contributed by atoms with van der Waals surface area (Å²) in [5.74, 6) is 0.428. The molecular formula is C24H26N6O2S. The number of ether oxygens (including phenoxy) is 1. The first-order chi connectivity index (χ1) is 16.0. The second kappa shape index (κ2) is 7.78. The smallest absolute Gasteiger partial charge is 0.266 e. The van der Waals surface area contributed by atoms with Gasteiger partial charge in [0.05, 0.1) is 30.6 Å². The Labute approximate surface area is 195 Å². The van der Waals surface area contributed by atoms with Crippen LogP contribution in [0.25, 0.3) is 32.5 Å². The molecule has 1 aliphatic heterocycles. The van der Waals surface area contributed by atoms with E-state index >= 15 is 0 Å². The average Bonchev–Trinajstić information content (AvgIpc) is 3.30. The van der Waals surface area contributed by atoms with Crippen LogP contribution >= 0.6 is 11.3 Å². The van der Waals surface area contributed by atoms with Gasteiger partial charge in [-0.1, -0.05) is 6.42 Å². The predicted octanol–water partition coefficient (Wildman–Crippen LogP) is 3.96. The summed E-state index contributed by atoms with van der Waals surface area (Å²) >= 11 is 1.41. The molecule has 4 aromatic heterocycles. The van der Waals surface area contributed by atoms with Gasteiger partial charge in [-0.3, -0.25) is 9.48 Å². The van der Waals surface area contributed by atoms with E-state index in [1.165, 1.54) is 23.3 Å². The highest BCUT2D eigenvalue weighted by Gasteiger charge is 2.31. The van der Waals surface area contributed by atoms with E-state index in [1.807, 2.05) is 31.3 Å². The van der Waals surface area contributed by atoms with E-state index in [2.05, 4.69) is 22.2 Å². The third-order valence-corrected chi connectivity index (χ3v) is 7.95. The highest BCUT2D eigenvalue weighted by molar-refractivity contribution is 7.21. The van der Waals surface area contributed by atoms with Crippen molar-refractivity contribution in [3.8, 4) is 11.3 Å². The molecule has 4 aromatic rings. The van der Waals surface area contributed by atoms with Crippen molar-refractivity contribution in [2.75, 3.05) is 25.5 Å². The van der Waals surface area contributed by atoms with Crippen LogP contribution in [0, 0.1) is 0 Å². The lowest BCUT2D eigenvalue weighted by molar-refractivity contribution is 0.00392. The third kappa shape index (κ3) is 3.38. The first kappa shape index (κ1) is 20.6. The Balaban J connectivity index is 1.49. The molecule has 1 aliphatic carbocycles. The van der Waals surface area contributed by atoms with Gasteiger partial charge in [0.15, 0.2) is 5.65 Å². The number of morpholine rings is 1. The second-order valence-corrected chi connectivity index (χ2v) is 10.1. The van der Waals surface area contributed by atoms with E-state index in [0.29, 0.717) is 36.2 Å². The van der Waals surface area contributed by atoms with Crippen molar-refractivity contribution in [1.29, 1.82) is 0 Å². The van der Waals surface area contributed by atoms with Gasteiger partial charge in [-0.15, -0.1) is 11.3 Å². The summed E-state index contributed by atoms with van der Waals surface area (Å²) in [6.45, 7) is 3.70. The summed E-state index contributed by atoms with van der Waals surface area (Å²) in [4.78, 5) is 26.2. The SMILES string of the molecule is CC1COCCN1C(=O)c1sc2nc(-c3cnc4nn(C)cc4c3)cc(C3CCC3)c2c1N. The maximum atomic E-state index is 13.4. The summed E-state index contributed by atoms with van der Waals surface area (Å²) in [5.41, 5.74) is 10.9. The summed E-state index contributed by atoms with van der Waals surface area (Å²) in [5, 5.41) is 6.30. The molecule has 0 aromatic carbocycles. The summed E-state index contributed by atoms with van der Waals surface area (Å²) < 4.78 is 7.28. The Morgan fingerprint density at radius 2 is 2.15 bits per heavy atom. The molecule has 1 atom stereocenters. The first-order valence-corrected chi connectivity index (χ1v) is 12.2. The molecular weight excluding hydrogens is 436 g/mol. The number of carbonyl (C=O) groups excluding carboxylic acids is 1. The van der Waals surface area contributed by atoms with Crippen molar-refractivity contribution in [2.24, 2.45) is 7.05 Å². The molecule has 0 spiro atoms. The normalized spacial score (nSPS) is 19.3. The molecule has 33 heavy (non-hydrogen) atoms. The molecule has 6 rings (SSSR count). The van der Waals surface area contributed by atoms with Crippen molar-refractivity contribution < 1.29 is 9.53 Å². The second-order valence-electron chi connectivity index (χ2n) is 9.11. The maximum absolute atomic E-state index is 13.4. The van der Waals surface area contributed by atoms with Crippen molar-refractivity contribution in [3.63, 3.8) is 0 Å². The number of fused-ring (bicyclic) bond motifs is 2. The number of carbonyl (C=O) groups is 1. The number of pyridine rings is 2. The minimum Gasteiger partial charge on any atom is -0.397 e. The van der Waals surface area contributed by atoms with E-state index in [4.69, 9.17) is 15.5 Å². The highest BCUT2D eigenvalue weighted by Crippen LogP contribution is 2.46. The summed E-state index contributed by atoms with van der Waals surface area (Å²) in [7, 11) is 1.89. The number of hydrogen-bond donors (Lipinski definition) is 1. The third-order valence-electron chi connectivity index (χ3n) is 6.87. The minimum absolute atomic E-state index is 0.0224. The Morgan fingerprint density at radius 3 is 2.91 bits per heavy atom. The van der Waals surface area contributed by atoms with Gasteiger partial charge in [0, 0.05) is 42.3 Å². The molecule has 0 bridgehead atoms. The molecule has 2 aliphatic rings. The zero-order valence-electron chi connectivity index (χ0n) is 18.7. The number of rotatable bonds is 3. The fourth-order valence-electron chi connectivity index (χ4n) is 4.83. The van der Waals surface area contributed by atoms with Crippen molar-refractivity contribution >= 4 is 44.2 Å².